The predicted molar refractivity (Wildman–Crippen MR) is 72.8 cm³/mol. The van der Waals surface area contributed by atoms with E-state index in [0.717, 1.165) is 17.4 Å². The first-order valence-electron chi connectivity index (χ1n) is 5.67. The Balaban J connectivity index is 1.80. The minimum atomic E-state index is -0.326. The Morgan fingerprint density at radius 2 is 2.47 bits per heavy atom. The molecular weight excluding hydrogens is 256 g/mol. The molecule has 1 heterocycles. The van der Waals surface area contributed by atoms with Crippen LogP contribution in [0, 0.1) is 10.1 Å². The van der Waals surface area contributed by atoms with Gasteiger partial charge < -0.3 is 5.32 Å². The van der Waals surface area contributed by atoms with E-state index in [1.807, 2.05) is 17.1 Å². The Morgan fingerprint density at radius 3 is 3.06 bits per heavy atom. The van der Waals surface area contributed by atoms with Crippen LogP contribution < -0.4 is 5.32 Å². The van der Waals surface area contributed by atoms with Gasteiger partial charge in [0.05, 0.1) is 4.92 Å². The summed E-state index contributed by atoms with van der Waals surface area (Å²) in [5.74, 6) is 0. The van der Waals surface area contributed by atoms with Gasteiger partial charge >= 0.3 is 5.00 Å². The van der Waals surface area contributed by atoms with Crippen LogP contribution in [0.2, 0.25) is 0 Å². The number of nitrogens with zero attached hydrogens (tertiary/aromatic N) is 1. The highest BCUT2D eigenvalue weighted by atomic mass is 32.2. The summed E-state index contributed by atoms with van der Waals surface area (Å²) >= 11 is 3.14. The van der Waals surface area contributed by atoms with Crippen molar-refractivity contribution in [3.63, 3.8) is 0 Å². The maximum Gasteiger partial charge on any atom is 0.324 e. The Labute approximate surface area is 109 Å². The van der Waals surface area contributed by atoms with Gasteiger partial charge in [-0.1, -0.05) is 11.3 Å². The molecule has 4 nitrogen and oxygen atoms in total. The molecule has 1 saturated carbocycles. The van der Waals surface area contributed by atoms with E-state index in [9.17, 15) is 10.1 Å². The number of thioether (sulfide) groups is 1. The van der Waals surface area contributed by atoms with Gasteiger partial charge in [-0.15, -0.1) is 0 Å². The number of hydrogen-bond donors (Lipinski definition) is 1. The molecule has 2 unspecified atom stereocenters. The van der Waals surface area contributed by atoms with E-state index < -0.39 is 0 Å². The van der Waals surface area contributed by atoms with Crippen molar-refractivity contribution in [1.29, 1.82) is 0 Å². The van der Waals surface area contributed by atoms with Gasteiger partial charge in [-0.2, -0.15) is 11.8 Å². The lowest BCUT2D eigenvalue weighted by molar-refractivity contribution is -0.380. The smallest absolute Gasteiger partial charge is 0.310 e. The molecule has 0 amide bonds. The first kappa shape index (κ1) is 12.9. The zero-order valence-corrected chi connectivity index (χ0v) is 11.4. The zero-order valence-electron chi connectivity index (χ0n) is 9.72. The highest BCUT2D eigenvalue weighted by Crippen LogP contribution is 2.29. The monoisotopic (exact) mass is 272 g/mol. The molecule has 17 heavy (non-hydrogen) atoms. The first-order chi connectivity index (χ1) is 8.19. The van der Waals surface area contributed by atoms with E-state index >= 15 is 0 Å². The first-order valence-corrected chi connectivity index (χ1v) is 7.83. The van der Waals surface area contributed by atoms with Gasteiger partial charge in [-0.3, -0.25) is 10.1 Å². The van der Waals surface area contributed by atoms with Crippen LogP contribution in [0.15, 0.2) is 11.4 Å². The van der Waals surface area contributed by atoms with E-state index in [4.69, 9.17) is 0 Å². The Bertz CT molecular complexity index is 395. The van der Waals surface area contributed by atoms with Gasteiger partial charge in [-0.25, -0.2) is 0 Å². The van der Waals surface area contributed by atoms with Gasteiger partial charge in [0.2, 0.25) is 0 Å². The van der Waals surface area contributed by atoms with Crippen molar-refractivity contribution in [1.82, 2.24) is 5.32 Å². The van der Waals surface area contributed by atoms with Crippen molar-refractivity contribution in [3.05, 3.63) is 27.1 Å². The van der Waals surface area contributed by atoms with Gasteiger partial charge in [0.25, 0.3) is 0 Å². The third-order valence-corrected chi connectivity index (χ3v) is 5.16. The molecule has 0 aromatic carbocycles. The maximum atomic E-state index is 10.5. The highest BCUT2D eigenvalue weighted by molar-refractivity contribution is 7.99. The molecule has 1 aromatic heterocycles. The largest absolute Gasteiger partial charge is 0.324 e. The van der Waals surface area contributed by atoms with E-state index in [0.29, 0.717) is 6.04 Å². The molecular formula is C11H16N2O2S2. The molecule has 1 aliphatic carbocycles. The van der Waals surface area contributed by atoms with E-state index in [1.54, 1.807) is 6.07 Å². The van der Waals surface area contributed by atoms with Crippen molar-refractivity contribution in [3.8, 4) is 0 Å². The molecule has 1 aromatic rings. The Morgan fingerprint density at radius 1 is 1.65 bits per heavy atom. The second-order valence-corrected chi connectivity index (χ2v) is 6.33. The Kier molecular flexibility index (Phi) is 4.42. The number of nitro groups is 1. The quantitative estimate of drug-likeness (QED) is 0.661. The molecule has 2 rings (SSSR count). The van der Waals surface area contributed by atoms with E-state index in [-0.39, 0.29) is 9.92 Å². The fraction of sp³-hybridized carbons (Fsp3) is 0.636. The van der Waals surface area contributed by atoms with Crippen LogP contribution in [0.4, 0.5) is 5.00 Å². The van der Waals surface area contributed by atoms with Crippen LogP contribution >= 0.6 is 23.1 Å². The zero-order chi connectivity index (χ0) is 12.3. The summed E-state index contributed by atoms with van der Waals surface area (Å²) in [5.41, 5.74) is 1.02. The van der Waals surface area contributed by atoms with E-state index in [2.05, 4.69) is 11.6 Å². The molecule has 1 fully saturated rings. The lowest BCUT2D eigenvalue weighted by Crippen LogP contribution is -2.25. The van der Waals surface area contributed by atoms with E-state index in [1.165, 1.54) is 30.6 Å². The van der Waals surface area contributed by atoms with Crippen LogP contribution in [0.25, 0.3) is 0 Å². The fourth-order valence-electron chi connectivity index (χ4n) is 2.15. The van der Waals surface area contributed by atoms with Gasteiger partial charge in [-0.05, 0) is 31.1 Å². The standard InChI is InChI=1S/C11H16N2O2S2/c1-16-10-3-2-9(5-10)12-6-8-4-11(13(14)15)17-7-8/h4,7,9-10,12H,2-3,5-6H2,1H3. The van der Waals surface area contributed by atoms with Crippen molar-refractivity contribution in [2.45, 2.75) is 37.1 Å². The average Bonchev–Trinajstić information content (AvgIpc) is 2.95. The molecule has 1 N–H and O–H groups in total. The number of nitrogens with one attached hydrogen (secondary N) is 1. The summed E-state index contributed by atoms with van der Waals surface area (Å²) in [6, 6.07) is 2.24. The van der Waals surface area contributed by atoms with Crippen LogP contribution in [0.3, 0.4) is 0 Å². The summed E-state index contributed by atoms with van der Waals surface area (Å²) in [7, 11) is 0. The second kappa shape index (κ2) is 5.84. The number of thiophene rings is 1. The molecule has 0 bridgehead atoms. The molecule has 1 aliphatic rings. The second-order valence-electron chi connectivity index (χ2n) is 4.30. The third kappa shape index (κ3) is 3.43. The topological polar surface area (TPSA) is 55.2 Å². The summed E-state index contributed by atoms with van der Waals surface area (Å²) in [4.78, 5) is 10.2. The molecule has 2 atom stereocenters. The van der Waals surface area contributed by atoms with Gasteiger partial charge in [0, 0.05) is 29.3 Å². The highest BCUT2D eigenvalue weighted by Gasteiger charge is 2.23. The van der Waals surface area contributed by atoms with Crippen LogP contribution in [-0.2, 0) is 6.54 Å². The number of hydrogen-bond acceptors (Lipinski definition) is 5. The lowest BCUT2D eigenvalue weighted by atomic mass is 10.2. The Hall–Kier alpha value is -0.590. The number of rotatable bonds is 5. The molecule has 0 saturated heterocycles. The van der Waals surface area contributed by atoms with Crippen LogP contribution in [-0.4, -0.2) is 22.5 Å². The summed E-state index contributed by atoms with van der Waals surface area (Å²) in [5, 5.41) is 16.9. The predicted octanol–water partition coefficient (Wildman–Crippen LogP) is 3.03. The normalized spacial score (nSPS) is 24.1. The minimum absolute atomic E-state index is 0.232. The summed E-state index contributed by atoms with van der Waals surface area (Å²) in [6.45, 7) is 0.746. The fourth-order valence-corrected chi connectivity index (χ4v) is 3.68. The third-order valence-electron chi connectivity index (χ3n) is 3.13. The maximum absolute atomic E-state index is 10.5. The molecule has 6 heteroatoms. The van der Waals surface area contributed by atoms with Crippen molar-refractivity contribution in [2.24, 2.45) is 0 Å². The van der Waals surface area contributed by atoms with Crippen molar-refractivity contribution >= 4 is 28.1 Å². The SMILES string of the molecule is CSC1CCC(NCc2csc([N+](=O)[O-])c2)C1. The molecule has 0 spiro atoms. The van der Waals surface area contributed by atoms with Crippen molar-refractivity contribution < 1.29 is 4.92 Å². The van der Waals surface area contributed by atoms with Crippen LogP contribution in [0.5, 0.6) is 0 Å². The summed E-state index contributed by atoms with van der Waals surface area (Å²) < 4.78 is 0. The summed E-state index contributed by atoms with van der Waals surface area (Å²) in [6.07, 6.45) is 5.88. The average molecular weight is 272 g/mol. The lowest BCUT2D eigenvalue weighted by Gasteiger charge is -2.11. The van der Waals surface area contributed by atoms with Gasteiger partial charge in [0.1, 0.15) is 0 Å². The van der Waals surface area contributed by atoms with Gasteiger partial charge in [0.15, 0.2) is 0 Å². The molecule has 0 aliphatic heterocycles. The molecule has 0 radical (unpaired) electrons. The molecule has 94 valence electrons. The minimum Gasteiger partial charge on any atom is -0.310 e. The van der Waals surface area contributed by atoms with Crippen molar-refractivity contribution in [2.75, 3.05) is 6.26 Å². The van der Waals surface area contributed by atoms with Crippen LogP contribution in [0.1, 0.15) is 24.8 Å².